The number of piperidine rings is 1. The number of hydrogen-bond acceptors (Lipinski definition) is 2. The molecule has 0 aromatic rings. The number of fused-ring (bicyclic) bond motifs is 1. The fourth-order valence-electron chi connectivity index (χ4n) is 2.40. The number of nitrogens with one attached hydrogen (secondary N) is 1. The molecule has 2 aliphatic rings. The van der Waals surface area contributed by atoms with Crippen LogP contribution >= 0.6 is 0 Å². The van der Waals surface area contributed by atoms with Crippen LogP contribution in [0.15, 0.2) is 0 Å². The van der Waals surface area contributed by atoms with Gasteiger partial charge in [-0.05, 0) is 38.6 Å². The smallest absolute Gasteiger partial charge is 0.0310 e. The molecule has 2 fully saturated rings. The van der Waals surface area contributed by atoms with Crippen LogP contribution in [-0.2, 0) is 0 Å². The van der Waals surface area contributed by atoms with Crippen LogP contribution in [0.5, 0.6) is 0 Å². The minimum Gasteiger partial charge on any atom is -0.324 e. The van der Waals surface area contributed by atoms with E-state index in [1.54, 1.807) is 0 Å². The molecule has 2 nitrogen and oxygen atoms in total. The molecular weight excluding hydrogens is 124 g/mol. The van der Waals surface area contributed by atoms with Gasteiger partial charge in [-0.1, -0.05) is 0 Å². The minimum absolute atomic E-state index is 0.179. The molecule has 58 valence electrons. The summed E-state index contributed by atoms with van der Waals surface area (Å²) in [6.45, 7) is 1.18. The van der Waals surface area contributed by atoms with Gasteiger partial charge in [0.2, 0.25) is 0 Å². The lowest BCUT2D eigenvalue weighted by Crippen LogP contribution is -2.57. The van der Waals surface area contributed by atoms with Gasteiger partial charge >= 0.3 is 0 Å². The van der Waals surface area contributed by atoms with Gasteiger partial charge in [0, 0.05) is 11.6 Å². The van der Waals surface area contributed by atoms with Crippen molar-refractivity contribution in [2.24, 2.45) is 5.73 Å². The second-order valence-electron chi connectivity index (χ2n) is 3.74. The number of rotatable bonds is 0. The summed E-state index contributed by atoms with van der Waals surface area (Å²) in [7, 11) is 0. The topological polar surface area (TPSA) is 38.0 Å². The van der Waals surface area contributed by atoms with E-state index in [4.69, 9.17) is 5.73 Å². The maximum Gasteiger partial charge on any atom is 0.0310 e. The van der Waals surface area contributed by atoms with Crippen LogP contribution in [-0.4, -0.2) is 18.1 Å². The molecule has 3 N–H and O–H groups in total. The summed E-state index contributed by atoms with van der Waals surface area (Å²) in [5, 5.41) is 3.50. The van der Waals surface area contributed by atoms with Crippen LogP contribution < -0.4 is 11.1 Å². The van der Waals surface area contributed by atoms with E-state index < -0.39 is 0 Å². The van der Waals surface area contributed by atoms with Crippen LogP contribution in [0, 0.1) is 0 Å². The van der Waals surface area contributed by atoms with Gasteiger partial charge in [-0.2, -0.15) is 0 Å². The first-order valence-electron chi connectivity index (χ1n) is 4.33. The molecule has 2 rings (SSSR count). The Morgan fingerprint density at radius 1 is 1.30 bits per heavy atom. The Bertz CT molecular complexity index is 135. The lowest BCUT2D eigenvalue weighted by atomic mass is 9.86. The van der Waals surface area contributed by atoms with E-state index in [1.165, 1.54) is 38.6 Å². The molecule has 0 bridgehead atoms. The van der Waals surface area contributed by atoms with Crippen molar-refractivity contribution in [3.63, 3.8) is 0 Å². The van der Waals surface area contributed by atoms with Gasteiger partial charge < -0.3 is 11.1 Å². The van der Waals surface area contributed by atoms with Gasteiger partial charge in [-0.15, -0.1) is 0 Å². The average Bonchev–Trinajstić information content (AvgIpc) is 2.29. The van der Waals surface area contributed by atoms with Crippen LogP contribution in [0.3, 0.4) is 0 Å². The van der Waals surface area contributed by atoms with Gasteiger partial charge in [-0.3, -0.25) is 0 Å². The highest BCUT2D eigenvalue weighted by Crippen LogP contribution is 2.33. The molecule has 10 heavy (non-hydrogen) atoms. The molecule has 0 radical (unpaired) electrons. The quantitative estimate of drug-likeness (QED) is 0.517. The molecular formula is C8H16N2. The average molecular weight is 140 g/mol. The second-order valence-corrected chi connectivity index (χ2v) is 3.74. The van der Waals surface area contributed by atoms with Crippen LogP contribution in [0.2, 0.25) is 0 Å². The highest BCUT2D eigenvalue weighted by Gasteiger charge is 2.40. The van der Waals surface area contributed by atoms with E-state index in [2.05, 4.69) is 5.32 Å². The summed E-state index contributed by atoms with van der Waals surface area (Å²) in [5.41, 5.74) is 6.38. The van der Waals surface area contributed by atoms with Gasteiger partial charge in [0.25, 0.3) is 0 Å². The molecule has 1 aliphatic carbocycles. The predicted molar refractivity (Wildman–Crippen MR) is 41.8 cm³/mol. The first-order valence-corrected chi connectivity index (χ1v) is 4.33. The summed E-state index contributed by atoms with van der Waals surface area (Å²) in [6.07, 6.45) is 6.38. The standard InChI is InChI=1S/C8H16N2/c9-8-4-1-3-7(8)10-6-2-5-8/h7,10H,1-6,9H2. The lowest BCUT2D eigenvalue weighted by Gasteiger charge is -2.36. The van der Waals surface area contributed by atoms with E-state index in [0.717, 1.165) is 0 Å². The molecule has 2 heteroatoms. The highest BCUT2D eigenvalue weighted by molar-refractivity contribution is 5.03. The number of hydrogen-bond donors (Lipinski definition) is 2. The van der Waals surface area contributed by atoms with Gasteiger partial charge in [-0.25, -0.2) is 0 Å². The van der Waals surface area contributed by atoms with Crippen molar-refractivity contribution < 1.29 is 0 Å². The zero-order chi connectivity index (χ0) is 7.03. The summed E-state index contributed by atoms with van der Waals surface area (Å²) >= 11 is 0. The summed E-state index contributed by atoms with van der Waals surface area (Å²) in [4.78, 5) is 0. The van der Waals surface area contributed by atoms with E-state index in [-0.39, 0.29) is 5.54 Å². The van der Waals surface area contributed by atoms with Gasteiger partial charge in [0.05, 0.1) is 0 Å². The van der Waals surface area contributed by atoms with Crippen molar-refractivity contribution in [3.8, 4) is 0 Å². The zero-order valence-corrected chi connectivity index (χ0v) is 6.40. The Balaban J connectivity index is 2.10. The maximum atomic E-state index is 6.20. The maximum absolute atomic E-state index is 6.20. The molecule has 2 unspecified atom stereocenters. The van der Waals surface area contributed by atoms with Crippen molar-refractivity contribution in [1.82, 2.24) is 5.32 Å². The SMILES string of the molecule is NC12CCCNC1CCC2. The second kappa shape index (κ2) is 2.21. The van der Waals surface area contributed by atoms with Crippen LogP contribution in [0.1, 0.15) is 32.1 Å². The molecule has 1 saturated heterocycles. The Morgan fingerprint density at radius 3 is 2.90 bits per heavy atom. The molecule has 0 amide bonds. The van der Waals surface area contributed by atoms with E-state index in [0.29, 0.717) is 6.04 Å². The molecule has 2 atom stereocenters. The molecule has 1 aliphatic heterocycles. The van der Waals surface area contributed by atoms with E-state index >= 15 is 0 Å². The summed E-state index contributed by atoms with van der Waals surface area (Å²) in [5.74, 6) is 0. The van der Waals surface area contributed by atoms with Crippen molar-refractivity contribution in [2.75, 3.05) is 6.54 Å². The Kier molecular flexibility index (Phi) is 1.46. The van der Waals surface area contributed by atoms with E-state index in [9.17, 15) is 0 Å². The molecule has 1 saturated carbocycles. The first-order chi connectivity index (χ1) is 4.81. The Hall–Kier alpha value is -0.0800. The van der Waals surface area contributed by atoms with Crippen molar-refractivity contribution in [1.29, 1.82) is 0 Å². The molecule has 1 heterocycles. The Morgan fingerprint density at radius 2 is 2.10 bits per heavy atom. The summed E-state index contributed by atoms with van der Waals surface area (Å²) in [6, 6.07) is 0.640. The number of nitrogens with two attached hydrogens (primary N) is 1. The monoisotopic (exact) mass is 140 g/mol. The lowest BCUT2D eigenvalue weighted by molar-refractivity contribution is 0.264. The minimum atomic E-state index is 0.179. The van der Waals surface area contributed by atoms with Crippen LogP contribution in [0.25, 0.3) is 0 Å². The fourth-order valence-corrected chi connectivity index (χ4v) is 2.40. The molecule has 0 aromatic heterocycles. The Labute approximate surface area is 62.2 Å². The molecule has 0 aromatic carbocycles. The molecule has 0 spiro atoms. The van der Waals surface area contributed by atoms with Gasteiger partial charge in [0.15, 0.2) is 0 Å². The third-order valence-electron chi connectivity index (χ3n) is 3.04. The third-order valence-corrected chi connectivity index (χ3v) is 3.04. The first kappa shape index (κ1) is 6.62. The van der Waals surface area contributed by atoms with Crippen molar-refractivity contribution in [3.05, 3.63) is 0 Å². The van der Waals surface area contributed by atoms with Crippen molar-refractivity contribution >= 4 is 0 Å². The highest BCUT2D eigenvalue weighted by atomic mass is 15.0. The van der Waals surface area contributed by atoms with E-state index in [1.807, 2.05) is 0 Å². The van der Waals surface area contributed by atoms with Crippen LogP contribution in [0.4, 0.5) is 0 Å². The largest absolute Gasteiger partial charge is 0.324 e. The third kappa shape index (κ3) is 0.867. The predicted octanol–water partition coefficient (Wildman–Crippen LogP) is 0.620. The fraction of sp³-hybridized carbons (Fsp3) is 1.00. The van der Waals surface area contributed by atoms with Gasteiger partial charge in [0.1, 0.15) is 0 Å². The zero-order valence-electron chi connectivity index (χ0n) is 6.40. The normalized spacial score (nSPS) is 47.1. The summed E-state index contributed by atoms with van der Waals surface area (Å²) < 4.78 is 0. The van der Waals surface area contributed by atoms with Crippen molar-refractivity contribution in [2.45, 2.75) is 43.7 Å².